The van der Waals surface area contributed by atoms with Crippen LogP contribution in [0.1, 0.15) is 42.1 Å². The van der Waals surface area contributed by atoms with Crippen LogP contribution in [0.5, 0.6) is 0 Å². The highest BCUT2D eigenvalue weighted by atomic mass is 16.5. The predicted octanol–water partition coefficient (Wildman–Crippen LogP) is 3.43. The van der Waals surface area contributed by atoms with Crippen LogP contribution < -0.4 is 0 Å². The van der Waals surface area contributed by atoms with Gasteiger partial charge in [0.1, 0.15) is 12.2 Å². The van der Waals surface area contributed by atoms with Crippen molar-refractivity contribution in [1.82, 2.24) is 0 Å². The van der Waals surface area contributed by atoms with Crippen LogP contribution in [0.3, 0.4) is 0 Å². The Morgan fingerprint density at radius 1 is 1.09 bits per heavy atom. The molecule has 1 N–H and O–H groups in total. The molecule has 0 saturated carbocycles. The Bertz CT molecular complexity index is 744. The van der Waals surface area contributed by atoms with Crippen LogP contribution in [0.25, 0.3) is 11.1 Å². The van der Waals surface area contributed by atoms with Gasteiger partial charge in [-0.2, -0.15) is 0 Å². The van der Waals surface area contributed by atoms with Crippen molar-refractivity contribution in [3.63, 3.8) is 0 Å². The van der Waals surface area contributed by atoms with E-state index in [9.17, 15) is 9.90 Å². The molecule has 1 heterocycles. The van der Waals surface area contributed by atoms with Crippen LogP contribution in [0.15, 0.2) is 42.5 Å². The lowest BCUT2D eigenvalue weighted by atomic mass is 9.97. The molecular weight excluding hydrogens is 288 g/mol. The van der Waals surface area contributed by atoms with Crippen LogP contribution in [0.2, 0.25) is 0 Å². The van der Waals surface area contributed by atoms with Gasteiger partial charge < -0.3 is 9.84 Å². The zero-order valence-electron chi connectivity index (χ0n) is 13.0. The van der Waals surface area contributed by atoms with E-state index in [0.717, 1.165) is 47.1 Å². The van der Waals surface area contributed by atoms with Gasteiger partial charge in [-0.25, -0.2) is 0 Å². The molecule has 23 heavy (non-hydrogen) atoms. The number of carbonyl (C=O) groups is 1. The summed E-state index contributed by atoms with van der Waals surface area (Å²) in [6, 6.07) is 13.9. The molecule has 2 unspecified atom stereocenters. The van der Waals surface area contributed by atoms with E-state index in [1.165, 1.54) is 0 Å². The Morgan fingerprint density at radius 2 is 1.91 bits per heavy atom. The maximum atomic E-state index is 12.4. The summed E-state index contributed by atoms with van der Waals surface area (Å²) in [5, 5.41) is 10.5. The van der Waals surface area contributed by atoms with E-state index in [0.29, 0.717) is 13.0 Å². The number of benzene rings is 2. The molecule has 0 spiro atoms. The minimum absolute atomic E-state index is 0.148. The van der Waals surface area contributed by atoms with Crippen LogP contribution in [-0.2, 0) is 16.0 Å². The summed E-state index contributed by atoms with van der Waals surface area (Å²) in [5.74, 6) is 0.148. The highest BCUT2D eigenvalue weighted by Crippen LogP contribution is 2.43. The minimum atomic E-state index is -0.595. The van der Waals surface area contributed by atoms with Crippen molar-refractivity contribution in [2.24, 2.45) is 0 Å². The zero-order chi connectivity index (χ0) is 15.8. The second kappa shape index (κ2) is 5.91. The molecule has 2 aromatic rings. The van der Waals surface area contributed by atoms with E-state index in [2.05, 4.69) is 0 Å². The summed E-state index contributed by atoms with van der Waals surface area (Å²) in [7, 11) is 0. The van der Waals surface area contributed by atoms with Gasteiger partial charge in [0.2, 0.25) is 0 Å². The molecule has 0 aromatic heterocycles. The number of fused-ring (bicyclic) bond motifs is 3. The van der Waals surface area contributed by atoms with Crippen LogP contribution in [-0.4, -0.2) is 23.6 Å². The van der Waals surface area contributed by atoms with Crippen LogP contribution in [0.4, 0.5) is 0 Å². The Kier molecular flexibility index (Phi) is 3.76. The molecule has 1 saturated heterocycles. The van der Waals surface area contributed by atoms with Gasteiger partial charge in [-0.3, -0.25) is 4.79 Å². The third kappa shape index (κ3) is 2.60. The number of ether oxygens (including phenoxy) is 1. The maximum Gasteiger partial charge on any atom is 0.165 e. The first-order valence-corrected chi connectivity index (χ1v) is 8.28. The third-order valence-electron chi connectivity index (χ3n) is 4.87. The SMILES string of the molecule is O=C(Cc1ccc2c(c1)C(O)c1ccccc1-2)C1CCCCO1. The fourth-order valence-corrected chi connectivity index (χ4v) is 3.65. The molecule has 3 nitrogen and oxygen atoms in total. The van der Waals surface area contributed by atoms with Crippen molar-refractivity contribution in [1.29, 1.82) is 0 Å². The fraction of sp³-hybridized carbons (Fsp3) is 0.350. The van der Waals surface area contributed by atoms with E-state index < -0.39 is 6.10 Å². The smallest absolute Gasteiger partial charge is 0.165 e. The average molecular weight is 308 g/mol. The minimum Gasteiger partial charge on any atom is -0.384 e. The highest BCUT2D eigenvalue weighted by molar-refractivity contribution is 5.86. The topological polar surface area (TPSA) is 46.5 Å². The van der Waals surface area contributed by atoms with Gasteiger partial charge in [-0.15, -0.1) is 0 Å². The molecule has 0 radical (unpaired) electrons. The number of aliphatic hydroxyl groups is 1. The van der Waals surface area contributed by atoms with Crippen LogP contribution >= 0.6 is 0 Å². The Labute approximate surface area is 135 Å². The second-order valence-corrected chi connectivity index (χ2v) is 6.41. The van der Waals surface area contributed by atoms with Crippen molar-refractivity contribution in [2.75, 3.05) is 6.61 Å². The molecule has 1 fully saturated rings. The highest BCUT2D eigenvalue weighted by Gasteiger charge is 2.27. The normalized spacial score (nSPS) is 22.5. The summed E-state index contributed by atoms with van der Waals surface area (Å²) in [4.78, 5) is 12.4. The molecule has 0 amide bonds. The molecule has 2 aromatic carbocycles. The number of carbonyl (C=O) groups excluding carboxylic acids is 1. The van der Waals surface area contributed by atoms with Crippen molar-refractivity contribution in [3.8, 4) is 11.1 Å². The van der Waals surface area contributed by atoms with E-state index in [1.54, 1.807) is 0 Å². The van der Waals surface area contributed by atoms with E-state index >= 15 is 0 Å². The monoisotopic (exact) mass is 308 g/mol. The van der Waals surface area contributed by atoms with Gasteiger partial charge in [0.15, 0.2) is 5.78 Å². The molecule has 118 valence electrons. The summed E-state index contributed by atoms with van der Waals surface area (Å²) in [5.41, 5.74) is 4.96. The van der Waals surface area contributed by atoms with E-state index in [4.69, 9.17) is 4.74 Å². The molecule has 0 bridgehead atoms. The molecule has 1 aliphatic heterocycles. The Morgan fingerprint density at radius 3 is 2.74 bits per heavy atom. The summed E-state index contributed by atoms with van der Waals surface area (Å²) in [6.45, 7) is 0.689. The van der Waals surface area contributed by atoms with Gasteiger partial charge in [0.05, 0.1) is 0 Å². The lowest BCUT2D eigenvalue weighted by Crippen LogP contribution is -2.29. The molecule has 2 aliphatic rings. The number of ketones is 1. The second-order valence-electron chi connectivity index (χ2n) is 6.41. The standard InChI is InChI=1S/C20H20O3/c21-18(19-7-3-4-10-23-19)12-13-8-9-15-14-5-1-2-6-16(14)20(22)17(15)11-13/h1-2,5-6,8-9,11,19-20,22H,3-4,7,10,12H2. The lowest BCUT2D eigenvalue weighted by molar-refractivity contribution is -0.132. The molecule has 1 aliphatic carbocycles. The average Bonchev–Trinajstić information content (AvgIpc) is 2.89. The summed E-state index contributed by atoms with van der Waals surface area (Å²) < 4.78 is 5.58. The number of hydrogen-bond acceptors (Lipinski definition) is 3. The number of rotatable bonds is 3. The lowest BCUT2D eigenvalue weighted by Gasteiger charge is -2.21. The quantitative estimate of drug-likeness (QED) is 0.945. The molecule has 3 heteroatoms. The van der Waals surface area contributed by atoms with Crippen molar-refractivity contribution < 1.29 is 14.6 Å². The number of aliphatic hydroxyl groups excluding tert-OH is 1. The third-order valence-corrected chi connectivity index (χ3v) is 4.87. The summed E-state index contributed by atoms with van der Waals surface area (Å²) in [6.07, 6.45) is 2.47. The Balaban J connectivity index is 1.58. The van der Waals surface area contributed by atoms with Gasteiger partial charge in [0.25, 0.3) is 0 Å². The molecule has 2 atom stereocenters. The maximum absolute atomic E-state index is 12.4. The summed E-state index contributed by atoms with van der Waals surface area (Å²) >= 11 is 0. The molecular formula is C20H20O3. The zero-order valence-corrected chi connectivity index (χ0v) is 13.0. The largest absolute Gasteiger partial charge is 0.384 e. The first-order chi connectivity index (χ1) is 11.2. The van der Waals surface area contributed by atoms with Gasteiger partial charge in [0, 0.05) is 13.0 Å². The van der Waals surface area contributed by atoms with E-state index in [1.807, 2.05) is 42.5 Å². The first kappa shape index (κ1) is 14.6. The van der Waals surface area contributed by atoms with Gasteiger partial charge in [-0.1, -0.05) is 42.5 Å². The van der Waals surface area contributed by atoms with E-state index in [-0.39, 0.29) is 11.9 Å². The number of Topliss-reactive ketones (excluding diaryl/α,β-unsaturated/α-hetero) is 1. The first-order valence-electron chi connectivity index (χ1n) is 8.28. The van der Waals surface area contributed by atoms with Gasteiger partial charge >= 0.3 is 0 Å². The fourth-order valence-electron chi connectivity index (χ4n) is 3.65. The number of hydrogen-bond donors (Lipinski definition) is 1. The van der Waals surface area contributed by atoms with Crippen molar-refractivity contribution in [3.05, 3.63) is 59.2 Å². The van der Waals surface area contributed by atoms with Crippen molar-refractivity contribution in [2.45, 2.75) is 37.9 Å². The molecule has 4 rings (SSSR count). The Hall–Kier alpha value is -1.97. The predicted molar refractivity (Wildman–Crippen MR) is 88.2 cm³/mol. The van der Waals surface area contributed by atoms with Gasteiger partial charge in [-0.05, 0) is 47.1 Å². The van der Waals surface area contributed by atoms with Crippen molar-refractivity contribution >= 4 is 5.78 Å². The van der Waals surface area contributed by atoms with Crippen LogP contribution in [0, 0.1) is 0 Å².